The molecule has 1 heterocycles. The molecule has 0 aromatic heterocycles. The Morgan fingerprint density at radius 2 is 2.08 bits per heavy atom. The summed E-state index contributed by atoms with van der Waals surface area (Å²) >= 11 is 0. The first kappa shape index (κ1) is 12.7. The van der Waals surface area contributed by atoms with Gasteiger partial charge in [0, 0.05) is 6.04 Å². The Bertz CT molecular complexity index is 165. The molecule has 1 rings (SSSR count). The van der Waals surface area contributed by atoms with Crippen molar-refractivity contribution >= 4 is 18.4 Å². The van der Waals surface area contributed by atoms with E-state index in [4.69, 9.17) is 4.74 Å². The Labute approximate surface area is 85.6 Å². The predicted molar refractivity (Wildman–Crippen MR) is 54.0 cm³/mol. The van der Waals surface area contributed by atoms with E-state index in [0.717, 1.165) is 13.0 Å². The van der Waals surface area contributed by atoms with Gasteiger partial charge in [0.1, 0.15) is 0 Å². The third kappa shape index (κ3) is 2.85. The molecule has 1 aliphatic heterocycles. The largest absolute Gasteiger partial charge is 0.469 e. The summed E-state index contributed by atoms with van der Waals surface area (Å²) in [5.41, 5.74) is 0. The Hall–Kier alpha value is -0.280. The molecule has 0 amide bonds. The normalized spacial score (nSPS) is 33.3. The number of rotatable bonds is 1. The maximum atomic E-state index is 11.3. The Morgan fingerprint density at radius 1 is 1.46 bits per heavy atom. The molecule has 1 fully saturated rings. The van der Waals surface area contributed by atoms with Gasteiger partial charge in [0.15, 0.2) is 0 Å². The highest BCUT2D eigenvalue weighted by Gasteiger charge is 2.33. The van der Waals surface area contributed by atoms with Gasteiger partial charge in [-0.15, -0.1) is 12.4 Å². The zero-order valence-corrected chi connectivity index (χ0v) is 9.19. The molecule has 0 spiro atoms. The highest BCUT2D eigenvalue weighted by molar-refractivity contribution is 5.85. The minimum absolute atomic E-state index is 0. The van der Waals surface area contributed by atoms with Crippen LogP contribution < -0.4 is 5.32 Å². The molecule has 3 atom stereocenters. The first-order valence-corrected chi connectivity index (χ1v) is 4.48. The van der Waals surface area contributed by atoms with Crippen molar-refractivity contribution in [1.82, 2.24) is 5.32 Å². The highest BCUT2D eigenvalue weighted by Crippen LogP contribution is 2.23. The summed E-state index contributed by atoms with van der Waals surface area (Å²) in [6.07, 6.45) is 1.06. The van der Waals surface area contributed by atoms with Gasteiger partial charge in [-0.25, -0.2) is 0 Å². The second kappa shape index (κ2) is 5.45. The van der Waals surface area contributed by atoms with Crippen LogP contribution in [-0.2, 0) is 9.53 Å². The van der Waals surface area contributed by atoms with Crippen molar-refractivity contribution < 1.29 is 9.53 Å². The summed E-state index contributed by atoms with van der Waals surface area (Å²) in [4.78, 5) is 11.3. The molecule has 0 saturated carbocycles. The smallest absolute Gasteiger partial charge is 0.310 e. The van der Waals surface area contributed by atoms with E-state index in [2.05, 4.69) is 12.2 Å². The fourth-order valence-electron chi connectivity index (χ4n) is 1.91. The van der Waals surface area contributed by atoms with E-state index < -0.39 is 0 Å². The number of carbonyl (C=O) groups is 1. The molecule has 1 N–H and O–H groups in total. The van der Waals surface area contributed by atoms with E-state index >= 15 is 0 Å². The molecule has 1 saturated heterocycles. The molecule has 0 radical (unpaired) electrons. The van der Waals surface area contributed by atoms with Crippen LogP contribution in [-0.4, -0.2) is 25.7 Å². The molecule has 13 heavy (non-hydrogen) atoms. The summed E-state index contributed by atoms with van der Waals surface area (Å²) in [5.74, 6) is 0.389. The van der Waals surface area contributed by atoms with E-state index in [1.807, 2.05) is 6.92 Å². The van der Waals surface area contributed by atoms with Gasteiger partial charge in [-0.3, -0.25) is 4.79 Å². The standard InChI is InChI=1S/C9H17NO2.ClH/c1-6-4-5-10-7(2)8(6)9(11)12-3;/h6-8,10H,4-5H2,1-3H3;1H. The van der Waals surface area contributed by atoms with Crippen LogP contribution in [0.25, 0.3) is 0 Å². The van der Waals surface area contributed by atoms with Crippen LogP contribution in [0, 0.1) is 11.8 Å². The van der Waals surface area contributed by atoms with E-state index in [9.17, 15) is 4.79 Å². The van der Waals surface area contributed by atoms with Gasteiger partial charge in [-0.2, -0.15) is 0 Å². The van der Waals surface area contributed by atoms with Crippen molar-refractivity contribution in [2.45, 2.75) is 26.3 Å². The summed E-state index contributed by atoms with van der Waals surface area (Å²) in [7, 11) is 1.45. The zero-order chi connectivity index (χ0) is 9.14. The number of methoxy groups -OCH3 is 1. The Balaban J connectivity index is 0.00000144. The maximum Gasteiger partial charge on any atom is 0.310 e. The second-order valence-electron chi connectivity index (χ2n) is 3.56. The SMILES string of the molecule is COC(=O)C1C(C)CCNC1C.Cl. The van der Waals surface area contributed by atoms with Gasteiger partial charge in [-0.1, -0.05) is 6.92 Å². The zero-order valence-electron chi connectivity index (χ0n) is 8.37. The van der Waals surface area contributed by atoms with Crippen molar-refractivity contribution in [1.29, 1.82) is 0 Å². The number of ether oxygens (including phenoxy) is 1. The maximum absolute atomic E-state index is 11.3. The number of carbonyl (C=O) groups excluding carboxylic acids is 1. The summed E-state index contributed by atoms with van der Waals surface area (Å²) in [6, 6.07) is 0.251. The summed E-state index contributed by atoms with van der Waals surface area (Å²) < 4.78 is 4.75. The van der Waals surface area contributed by atoms with Crippen molar-refractivity contribution in [3.8, 4) is 0 Å². The van der Waals surface area contributed by atoms with Crippen LogP contribution in [0.2, 0.25) is 0 Å². The number of hydrogen-bond acceptors (Lipinski definition) is 3. The number of piperidine rings is 1. The second-order valence-corrected chi connectivity index (χ2v) is 3.56. The molecule has 0 aromatic rings. The van der Waals surface area contributed by atoms with Crippen LogP contribution in [0.15, 0.2) is 0 Å². The van der Waals surface area contributed by atoms with E-state index in [-0.39, 0.29) is 30.3 Å². The monoisotopic (exact) mass is 207 g/mol. The van der Waals surface area contributed by atoms with Gasteiger partial charge < -0.3 is 10.1 Å². The number of nitrogens with one attached hydrogen (secondary N) is 1. The van der Waals surface area contributed by atoms with Gasteiger partial charge in [0.05, 0.1) is 13.0 Å². The molecular weight excluding hydrogens is 190 g/mol. The van der Waals surface area contributed by atoms with Crippen LogP contribution >= 0.6 is 12.4 Å². The van der Waals surface area contributed by atoms with E-state index in [0.29, 0.717) is 5.92 Å². The fourth-order valence-corrected chi connectivity index (χ4v) is 1.91. The highest BCUT2D eigenvalue weighted by atomic mass is 35.5. The molecule has 1 aliphatic rings. The van der Waals surface area contributed by atoms with Crippen molar-refractivity contribution in [2.75, 3.05) is 13.7 Å². The van der Waals surface area contributed by atoms with E-state index in [1.54, 1.807) is 0 Å². The number of esters is 1. The molecular formula is C9H18ClNO2. The average molecular weight is 208 g/mol. The van der Waals surface area contributed by atoms with Crippen molar-refractivity contribution in [3.05, 3.63) is 0 Å². The lowest BCUT2D eigenvalue weighted by Gasteiger charge is -2.33. The summed E-state index contributed by atoms with van der Waals surface area (Å²) in [5, 5.41) is 3.28. The lowest BCUT2D eigenvalue weighted by molar-refractivity contribution is -0.149. The lowest BCUT2D eigenvalue weighted by Crippen LogP contribution is -2.47. The van der Waals surface area contributed by atoms with Crippen LogP contribution in [0.3, 0.4) is 0 Å². The quantitative estimate of drug-likeness (QED) is 0.657. The van der Waals surface area contributed by atoms with Gasteiger partial charge in [-0.05, 0) is 25.8 Å². The molecule has 0 bridgehead atoms. The predicted octanol–water partition coefficient (Wildman–Crippen LogP) is 1.22. The Kier molecular flexibility index (Phi) is 5.33. The molecule has 3 unspecified atom stereocenters. The molecule has 78 valence electrons. The Morgan fingerprint density at radius 3 is 2.54 bits per heavy atom. The third-order valence-electron chi connectivity index (χ3n) is 2.69. The third-order valence-corrected chi connectivity index (χ3v) is 2.69. The minimum Gasteiger partial charge on any atom is -0.469 e. The topological polar surface area (TPSA) is 38.3 Å². The number of halogens is 1. The molecule has 4 heteroatoms. The van der Waals surface area contributed by atoms with Gasteiger partial charge in [0.2, 0.25) is 0 Å². The van der Waals surface area contributed by atoms with Crippen LogP contribution in [0.4, 0.5) is 0 Å². The van der Waals surface area contributed by atoms with Crippen LogP contribution in [0.1, 0.15) is 20.3 Å². The number of hydrogen-bond donors (Lipinski definition) is 1. The van der Waals surface area contributed by atoms with Gasteiger partial charge in [0.25, 0.3) is 0 Å². The first-order valence-electron chi connectivity index (χ1n) is 4.48. The van der Waals surface area contributed by atoms with Crippen molar-refractivity contribution in [3.63, 3.8) is 0 Å². The van der Waals surface area contributed by atoms with E-state index in [1.165, 1.54) is 7.11 Å². The lowest BCUT2D eigenvalue weighted by atomic mass is 9.83. The first-order chi connectivity index (χ1) is 5.66. The summed E-state index contributed by atoms with van der Waals surface area (Å²) in [6.45, 7) is 5.16. The molecule has 0 aliphatic carbocycles. The van der Waals surface area contributed by atoms with Crippen LogP contribution in [0.5, 0.6) is 0 Å². The molecule has 3 nitrogen and oxygen atoms in total. The van der Waals surface area contributed by atoms with Gasteiger partial charge >= 0.3 is 5.97 Å². The minimum atomic E-state index is -0.0813. The molecule has 0 aromatic carbocycles. The van der Waals surface area contributed by atoms with Crippen molar-refractivity contribution in [2.24, 2.45) is 11.8 Å². The fraction of sp³-hybridized carbons (Fsp3) is 0.889. The average Bonchev–Trinajstić information content (AvgIpc) is 2.03.